The van der Waals surface area contributed by atoms with Crippen LogP contribution in [0.3, 0.4) is 0 Å². The van der Waals surface area contributed by atoms with Gasteiger partial charge in [-0.1, -0.05) is 72.8 Å². The molecule has 0 aliphatic rings. The van der Waals surface area contributed by atoms with Gasteiger partial charge in [0, 0.05) is 5.19 Å². The van der Waals surface area contributed by atoms with Gasteiger partial charge in [0.15, 0.2) is 0 Å². The van der Waals surface area contributed by atoms with Crippen LogP contribution in [0.2, 0.25) is 0 Å². The topological polar surface area (TPSA) is 0 Å². The molecule has 1 atom stereocenters. The quantitative estimate of drug-likeness (QED) is 0.446. The molecule has 0 radical (unpaired) electrons. The summed E-state index contributed by atoms with van der Waals surface area (Å²) in [5.41, 5.74) is -0.123. The van der Waals surface area contributed by atoms with Crippen molar-refractivity contribution in [3.05, 3.63) is 78.4 Å². The van der Waals surface area contributed by atoms with Crippen molar-refractivity contribution in [3.63, 3.8) is 0 Å². The molecule has 0 aliphatic carbocycles. The molecule has 0 unspecified atom stereocenters. The van der Waals surface area contributed by atoms with Crippen molar-refractivity contribution < 1.29 is 8.22 Å². The average Bonchev–Trinajstić information content (AvgIpc) is 2.46. The molecule has 0 aliphatic heterocycles. The second-order valence-corrected chi connectivity index (χ2v) is 6.85. The van der Waals surface area contributed by atoms with Crippen molar-refractivity contribution in [1.29, 1.82) is 0 Å². The summed E-state index contributed by atoms with van der Waals surface area (Å²) in [6.45, 7) is 1.78. The minimum atomic E-state index is -4.56. The Kier molecular flexibility index (Phi) is 4.27. The Morgan fingerprint density at radius 1 is 0.895 bits per heavy atom. The monoisotopic (exact) mass is 274 g/mol. The Morgan fingerprint density at radius 2 is 1.42 bits per heavy atom. The number of hydrogen-bond acceptors (Lipinski definition) is 0. The first kappa shape index (κ1) is 13.7. The lowest BCUT2D eigenvalue weighted by molar-refractivity contribution is 0.605. The van der Waals surface area contributed by atoms with Crippen LogP contribution in [0.5, 0.6) is 0 Å². The second-order valence-electron chi connectivity index (χ2n) is 4.40. The van der Waals surface area contributed by atoms with E-state index in [9.17, 15) is 8.22 Å². The Labute approximate surface area is 113 Å². The first-order valence-electron chi connectivity index (χ1n) is 6.27. The molecule has 0 spiro atoms. The lowest BCUT2D eigenvalue weighted by Gasteiger charge is -2.22. The summed E-state index contributed by atoms with van der Waals surface area (Å²) in [6, 6.07) is 17.2. The van der Waals surface area contributed by atoms with Crippen LogP contribution in [0, 0.1) is 0 Å². The molecule has 0 fully saturated rings. The van der Waals surface area contributed by atoms with E-state index in [2.05, 4.69) is 0 Å². The van der Waals surface area contributed by atoms with E-state index in [-0.39, 0.29) is 5.19 Å². The number of halogens is 2. The zero-order valence-electron chi connectivity index (χ0n) is 10.8. The zero-order valence-corrected chi connectivity index (χ0v) is 11.8. The highest BCUT2D eigenvalue weighted by Gasteiger charge is 2.46. The molecule has 0 heterocycles. The van der Waals surface area contributed by atoms with E-state index < -0.39 is 14.3 Å². The van der Waals surface area contributed by atoms with Crippen LogP contribution in [0.1, 0.15) is 18.0 Å². The van der Waals surface area contributed by atoms with Gasteiger partial charge in [0.05, 0.1) is 5.54 Å². The molecule has 2 aromatic rings. The van der Waals surface area contributed by atoms with Crippen LogP contribution in [0.4, 0.5) is 8.22 Å². The Balaban J connectivity index is 2.45. The normalized spacial score (nSPS) is 13.6. The third kappa shape index (κ3) is 2.99. The van der Waals surface area contributed by atoms with E-state index in [1.165, 1.54) is 12.1 Å². The van der Waals surface area contributed by atoms with Crippen molar-refractivity contribution in [3.8, 4) is 0 Å². The van der Waals surface area contributed by atoms with Crippen LogP contribution in [0.25, 0.3) is 0 Å². The lowest BCUT2D eigenvalue weighted by atomic mass is 10.1. The second kappa shape index (κ2) is 5.93. The molecule has 0 bridgehead atoms. The van der Waals surface area contributed by atoms with E-state index in [4.69, 9.17) is 0 Å². The van der Waals surface area contributed by atoms with Crippen LogP contribution in [-0.2, 0) is 0 Å². The smallest absolute Gasteiger partial charge is 0.264 e. The molecule has 98 valence electrons. The predicted molar refractivity (Wildman–Crippen MR) is 78.0 cm³/mol. The Hall–Kier alpha value is -1.74. The van der Waals surface area contributed by atoms with Crippen LogP contribution >= 0.6 is 0 Å². The van der Waals surface area contributed by atoms with Gasteiger partial charge in [-0.25, -0.2) is 0 Å². The molecule has 0 nitrogen and oxygen atoms in total. The summed E-state index contributed by atoms with van der Waals surface area (Å²) in [6.07, 6.45) is 3.33. The van der Waals surface area contributed by atoms with Crippen LogP contribution in [-0.4, -0.2) is 8.74 Å². The van der Waals surface area contributed by atoms with E-state index >= 15 is 0 Å². The largest absolute Gasteiger partial charge is 0.466 e. The summed E-state index contributed by atoms with van der Waals surface area (Å²) >= 11 is 0. The van der Waals surface area contributed by atoms with Crippen molar-refractivity contribution in [1.82, 2.24) is 0 Å². The maximum atomic E-state index is 14.8. The molecule has 0 amide bonds. The minimum Gasteiger partial charge on any atom is -0.264 e. The third-order valence-corrected chi connectivity index (χ3v) is 5.50. The molecule has 3 heteroatoms. The van der Waals surface area contributed by atoms with Crippen LogP contribution in [0.15, 0.2) is 72.8 Å². The number of rotatable bonds is 4. The summed E-state index contributed by atoms with van der Waals surface area (Å²) in [4.78, 5) is 0. The summed E-state index contributed by atoms with van der Waals surface area (Å²) in [5.74, 6) is 0. The molecule has 0 saturated heterocycles. The maximum Gasteiger partial charge on any atom is 0.466 e. The molecule has 2 rings (SSSR count). The fraction of sp³-hybridized carbons (Fsp3) is 0.125. The van der Waals surface area contributed by atoms with Crippen LogP contribution < -0.4 is 5.19 Å². The molecule has 0 saturated carbocycles. The lowest BCUT2D eigenvalue weighted by Crippen LogP contribution is -2.44. The first-order chi connectivity index (χ1) is 9.16. The minimum absolute atomic E-state index is 0.182. The zero-order chi connectivity index (χ0) is 13.7. The highest BCUT2D eigenvalue weighted by molar-refractivity contribution is 6.81. The molecule has 19 heavy (non-hydrogen) atoms. The standard InChI is InChI=1S/C16H16F2Si/c1-2-9-16(14-10-5-3-6-11-14)19(17,18)15-12-7-4-8-13-15/h2-13,16H,1H3/b9-2-/t16-/m0/s1. The first-order valence-corrected chi connectivity index (χ1v) is 8.10. The van der Waals surface area contributed by atoms with Gasteiger partial charge in [0.25, 0.3) is 0 Å². The van der Waals surface area contributed by atoms with Gasteiger partial charge in [0.1, 0.15) is 0 Å². The van der Waals surface area contributed by atoms with Gasteiger partial charge in [-0.05, 0) is 12.5 Å². The molecular formula is C16H16F2Si. The predicted octanol–water partition coefficient (Wildman–Crippen LogP) is 4.17. The maximum absolute atomic E-state index is 14.8. The fourth-order valence-corrected chi connectivity index (χ4v) is 4.18. The van der Waals surface area contributed by atoms with Gasteiger partial charge < -0.3 is 0 Å². The molecule has 0 aromatic heterocycles. The van der Waals surface area contributed by atoms with Gasteiger partial charge in [-0.15, -0.1) is 0 Å². The van der Waals surface area contributed by atoms with Crippen molar-refractivity contribution in [2.45, 2.75) is 12.5 Å². The van der Waals surface area contributed by atoms with Crippen molar-refractivity contribution in [2.24, 2.45) is 0 Å². The van der Waals surface area contributed by atoms with E-state index in [0.717, 1.165) is 0 Å². The van der Waals surface area contributed by atoms with Gasteiger partial charge >= 0.3 is 8.74 Å². The van der Waals surface area contributed by atoms with Crippen molar-refractivity contribution >= 4 is 13.9 Å². The van der Waals surface area contributed by atoms with Gasteiger partial charge in [-0.3, -0.25) is 8.22 Å². The van der Waals surface area contributed by atoms with Gasteiger partial charge in [0.2, 0.25) is 0 Å². The van der Waals surface area contributed by atoms with E-state index in [0.29, 0.717) is 5.56 Å². The average molecular weight is 274 g/mol. The number of benzene rings is 2. The molecular weight excluding hydrogens is 258 g/mol. The number of allylic oxidation sites excluding steroid dienone is 2. The highest BCUT2D eigenvalue weighted by Crippen LogP contribution is 2.30. The molecule has 2 aromatic carbocycles. The highest BCUT2D eigenvalue weighted by atomic mass is 28.4. The Bertz CT molecular complexity index is 535. The molecule has 0 N–H and O–H groups in total. The fourth-order valence-electron chi connectivity index (χ4n) is 2.13. The van der Waals surface area contributed by atoms with Gasteiger partial charge in [-0.2, -0.15) is 0 Å². The number of hydrogen-bond donors (Lipinski definition) is 0. The Morgan fingerprint density at radius 3 is 1.95 bits per heavy atom. The summed E-state index contributed by atoms with van der Waals surface area (Å²) in [7, 11) is -4.56. The third-order valence-electron chi connectivity index (χ3n) is 3.09. The SMILES string of the molecule is C/C=C\[C@@H](c1ccccc1)[Si](F)(F)c1ccccc1. The summed E-state index contributed by atoms with van der Waals surface area (Å²) < 4.78 is 29.6. The van der Waals surface area contributed by atoms with E-state index in [1.54, 1.807) is 61.5 Å². The van der Waals surface area contributed by atoms with E-state index in [1.807, 2.05) is 6.07 Å². The van der Waals surface area contributed by atoms with Crippen molar-refractivity contribution in [2.75, 3.05) is 0 Å². The summed E-state index contributed by atoms with van der Waals surface area (Å²) in [5, 5.41) is 0.182.